The Morgan fingerprint density at radius 3 is 2.72 bits per heavy atom. The summed E-state index contributed by atoms with van der Waals surface area (Å²) in [7, 11) is 0. The minimum Gasteiger partial charge on any atom is -0.481 e. The zero-order valence-corrected chi connectivity index (χ0v) is 10.7. The van der Waals surface area contributed by atoms with Crippen molar-refractivity contribution < 1.29 is 19.4 Å². The predicted molar refractivity (Wildman–Crippen MR) is 63.1 cm³/mol. The number of carboxylic acids is 1. The summed E-state index contributed by atoms with van der Waals surface area (Å²) in [6.45, 7) is 1.93. The molecule has 2 aliphatic carbocycles. The first-order valence-electron chi connectivity index (χ1n) is 7.14. The molecule has 2 saturated carbocycles. The van der Waals surface area contributed by atoms with Crippen molar-refractivity contribution in [2.75, 3.05) is 0 Å². The summed E-state index contributed by atoms with van der Waals surface area (Å²) in [6, 6.07) is 0. The molecule has 100 valence electrons. The van der Waals surface area contributed by atoms with Gasteiger partial charge in [-0.15, -0.1) is 0 Å². The molecule has 0 bridgehead atoms. The lowest BCUT2D eigenvalue weighted by molar-refractivity contribution is -0.155. The summed E-state index contributed by atoms with van der Waals surface area (Å²) in [5, 5.41) is 9.62. The molecular weight excluding hydrogens is 232 g/mol. The maximum Gasteiger partial charge on any atom is 0.309 e. The Morgan fingerprint density at radius 1 is 1.17 bits per heavy atom. The summed E-state index contributed by atoms with van der Waals surface area (Å²) >= 11 is 0. The van der Waals surface area contributed by atoms with Crippen LogP contribution in [0.2, 0.25) is 0 Å². The molecule has 18 heavy (non-hydrogen) atoms. The highest BCUT2D eigenvalue weighted by Gasteiger charge is 2.62. The van der Waals surface area contributed by atoms with E-state index in [0.717, 1.165) is 32.1 Å². The van der Waals surface area contributed by atoms with Gasteiger partial charge in [0.15, 0.2) is 0 Å². The van der Waals surface area contributed by atoms with E-state index in [1.54, 1.807) is 0 Å². The van der Waals surface area contributed by atoms with Gasteiger partial charge >= 0.3 is 5.97 Å². The molecule has 4 rings (SSSR count). The lowest BCUT2D eigenvalue weighted by Crippen LogP contribution is -2.47. The van der Waals surface area contributed by atoms with Crippen molar-refractivity contribution in [3.05, 3.63) is 0 Å². The van der Waals surface area contributed by atoms with E-state index in [-0.39, 0.29) is 12.0 Å². The van der Waals surface area contributed by atoms with Gasteiger partial charge in [-0.25, -0.2) is 0 Å². The van der Waals surface area contributed by atoms with Crippen LogP contribution in [0, 0.1) is 17.3 Å². The molecule has 1 N–H and O–H groups in total. The smallest absolute Gasteiger partial charge is 0.309 e. The lowest BCUT2D eigenvalue weighted by atomic mass is 9.60. The van der Waals surface area contributed by atoms with Gasteiger partial charge in [0.25, 0.3) is 0 Å². The van der Waals surface area contributed by atoms with E-state index in [1.165, 1.54) is 0 Å². The SMILES string of the molecule is CC1(C(=O)O)CCC2OC2C1C1CCC2OC2C1. The Morgan fingerprint density at radius 2 is 2.00 bits per heavy atom. The van der Waals surface area contributed by atoms with Gasteiger partial charge in [0.1, 0.15) is 0 Å². The van der Waals surface area contributed by atoms with E-state index in [2.05, 4.69) is 0 Å². The first-order valence-corrected chi connectivity index (χ1v) is 7.14. The number of ether oxygens (including phenoxy) is 2. The van der Waals surface area contributed by atoms with Gasteiger partial charge < -0.3 is 14.6 Å². The van der Waals surface area contributed by atoms with Gasteiger partial charge in [0.2, 0.25) is 0 Å². The molecule has 7 atom stereocenters. The third kappa shape index (κ3) is 1.48. The Kier molecular flexibility index (Phi) is 2.17. The highest BCUT2D eigenvalue weighted by molar-refractivity contribution is 5.75. The quantitative estimate of drug-likeness (QED) is 0.761. The van der Waals surface area contributed by atoms with Gasteiger partial charge in [-0.05, 0) is 44.9 Å². The fourth-order valence-electron chi connectivity index (χ4n) is 4.48. The van der Waals surface area contributed by atoms with E-state index >= 15 is 0 Å². The summed E-state index contributed by atoms with van der Waals surface area (Å²) in [4.78, 5) is 11.7. The van der Waals surface area contributed by atoms with E-state index in [0.29, 0.717) is 24.2 Å². The van der Waals surface area contributed by atoms with Crippen LogP contribution in [0.4, 0.5) is 0 Å². The molecule has 7 unspecified atom stereocenters. The molecule has 0 aromatic carbocycles. The summed E-state index contributed by atoms with van der Waals surface area (Å²) in [6.07, 6.45) is 6.40. The Balaban J connectivity index is 1.60. The van der Waals surface area contributed by atoms with Gasteiger partial charge in [-0.2, -0.15) is 0 Å². The average Bonchev–Trinajstić information content (AvgIpc) is 3.21. The Hall–Kier alpha value is -0.610. The topological polar surface area (TPSA) is 62.4 Å². The van der Waals surface area contributed by atoms with Crippen molar-refractivity contribution in [1.29, 1.82) is 0 Å². The first kappa shape index (κ1) is 11.2. The Labute approximate surface area is 107 Å². The number of fused-ring (bicyclic) bond motifs is 2. The molecule has 0 radical (unpaired) electrons. The van der Waals surface area contributed by atoms with Crippen LogP contribution in [0.3, 0.4) is 0 Å². The molecule has 4 fully saturated rings. The van der Waals surface area contributed by atoms with E-state index in [1.807, 2.05) is 6.92 Å². The summed E-state index contributed by atoms with van der Waals surface area (Å²) in [5.41, 5.74) is -0.593. The molecule has 2 aliphatic heterocycles. The number of hydrogen-bond donors (Lipinski definition) is 1. The second-order valence-electron chi connectivity index (χ2n) is 6.71. The van der Waals surface area contributed by atoms with Crippen LogP contribution in [0.25, 0.3) is 0 Å². The average molecular weight is 252 g/mol. The molecule has 2 saturated heterocycles. The maximum atomic E-state index is 11.7. The molecule has 0 aromatic rings. The fraction of sp³-hybridized carbons (Fsp3) is 0.929. The van der Waals surface area contributed by atoms with Crippen molar-refractivity contribution >= 4 is 5.97 Å². The third-order valence-electron chi connectivity index (χ3n) is 5.70. The molecule has 2 heterocycles. The van der Waals surface area contributed by atoms with Gasteiger partial charge in [0, 0.05) is 5.92 Å². The molecule has 0 spiro atoms. The van der Waals surface area contributed by atoms with Gasteiger partial charge in [-0.3, -0.25) is 4.79 Å². The second-order valence-corrected chi connectivity index (χ2v) is 6.71. The predicted octanol–water partition coefficient (Wildman–Crippen LogP) is 1.82. The third-order valence-corrected chi connectivity index (χ3v) is 5.70. The minimum absolute atomic E-state index is 0.193. The van der Waals surface area contributed by atoms with Crippen LogP contribution in [0.15, 0.2) is 0 Å². The van der Waals surface area contributed by atoms with Crippen molar-refractivity contribution in [3.8, 4) is 0 Å². The van der Waals surface area contributed by atoms with Crippen LogP contribution >= 0.6 is 0 Å². The van der Waals surface area contributed by atoms with Crippen molar-refractivity contribution in [2.24, 2.45) is 17.3 Å². The van der Waals surface area contributed by atoms with Crippen LogP contribution in [0.1, 0.15) is 39.0 Å². The number of rotatable bonds is 2. The lowest BCUT2D eigenvalue weighted by Gasteiger charge is -2.41. The van der Waals surface area contributed by atoms with Crippen LogP contribution < -0.4 is 0 Å². The summed E-state index contributed by atoms with van der Waals surface area (Å²) < 4.78 is 11.3. The van der Waals surface area contributed by atoms with E-state index in [9.17, 15) is 9.90 Å². The van der Waals surface area contributed by atoms with Crippen LogP contribution in [-0.4, -0.2) is 35.5 Å². The largest absolute Gasteiger partial charge is 0.481 e. The summed E-state index contributed by atoms with van der Waals surface area (Å²) in [5.74, 6) is 0.0318. The normalized spacial score (nSPS) is 57.4. The van der Waals surface area contributed by atoms with E-state index < -0.39 is 11.4 Å². The standard InChI is InChI=1S/C14H20O4/c1-14(13(15)16)5-4-9-12(18-9)11(14)7-2-3-8-10(6-7)17-8/h7-12H,2-6H2,1H3,(H,15,16). The molecular formula is C14H20O4. The highest BCUT2D eigenvalue weighted by atomic mass is 16.6. The number of hydrogen-bond acceptors (Lipinski definition) is 3. The fourth-order valence-corrected chi connectivity index (χ4v) is 4.48. The number of epoxide rings is 2. The number of carbonyl (C=O) groups is 1. The van der Waals surface area contributed by atoms with E-state index in [4.69, 9.17) is 9.47 Å². The van der Waals surface area contributed by atoms with Crippen LogP contribution in [-0.2, 0) is 14.3 Å². The van der Waals surface area contributed by atoms with Crippen molar-refractivity contribution in [3.63, 3.8) is 0 Å². The Bertz CT molecular complexity index is 395. The second kappa shape index (κ2) is 3.48. The maximum absolute atomic E-state index is 11.7. The van der Waals surface area contributed by atoms with Crippen molar-refractivity contribution in [2.45, 2.75) is 63.4 Å². The highest BCUT2D eigenvalue weighted by Crippen LogP contribution is 2.57. The minimum atomic E-state index is -0.639. The van der Waals surface area contributed by atoms with Crippen LogP contribution in [0.5, 0.6) is 0 Å². The number of carboxylic acid groups (broad SMARTS) is 1. The molecule has 4 heteroatoms. The van der Waals surface area contributed by atoms with Crippen molar-refractivity contribution in [1.82, 2.24) is 0 Å². The first-order chi connectivity index (χ1) is 8.59. The molecule has 4 aliphatic rings. The zero-order chi connectivity index (χ0) is 12.5. The molecule has 0 amide bonds. The van der Waals surface area contributed by atoms with Gasteiger partial charge in [-0.1, -0.05) is 0 Å². The monoisotopic (exact) mass is 252 g/mol. The molecule has 4 nitrogen and oxygen atoms in total. The van der Waals surface area contributed by atoms with Gasteiger partial charge in [0.05, 0.1) is 29.8 Å². The number of aliphatic carboxylic acids is 1. The molecule has 0 aromatic heterocycles. The zero-order valence-electron chi connectivity index (χ0n) is 10.7.